The maximum Gasteiger partial charge on any atom is 0.254 e. The van der Waals surface area contributed by atoms with E-state index >= 15 is 0 Å². The fourth-order valence-corrected chi connectivity index (χ4v) is 4.14. The van der Waals surface area contributed by atoms with E-state index in [9.17, 15) is 9.59 Å². The van der Waals surface area contributed by atoms with Crippen LogP contribution >= 0.6 is 0 Å². The zero-order chi connectivity index (χ0) is 23.4. The van der Waals surface area contributed by atoms with E-state index in [2.05, 4.69) is 30.6 Å². The highest BCUT2D eigenvalue weighted by molar-refractivity contribution is 5.87. The monoisotopic (exact) mass is 451 g/mol. The first-order valence-corrected chi connectivity index (χ1v) is 11.1. The number of benzene rings is 1. The molecule has 1 saturated heterocycles. The molecule has 0 saturated carbocycles. The van der Waals surface area contributed by atoms with E-state index in [0.29, 0.717) is 12.2 Å². The summed E-state index contributed by atoms with van der Waals surface area (Å²) in [6.07, 6.45) is 3.50. The molecule has 2 aromatic heterocycles. The van der Waals surface area contributed by atoms with Crippen LogP contribution in [0.15, 0.2) is 36.7 Å². The Labute approximate surface area is 192 Å². The van der Waals surface area contributed by atoms with Crippen molar-refractivity contribution in [2.45, 2.75) is 45.2 Å². The lowest BCUT2D eigenvalue weighted by atomic mass is 10.0. The van der Waals surface area contributed by atoms with Crippen LogP contribution in [0.2, 0.25) is 0 Å². The van der Waals surface area contributed by atoms with Gasteiger partial charge in [0.25, 0.3) is 5.78 Å². The number of hydrogen-bond donors (Lipinski definition) is 2. The van der Waals surface area contributed by atoms with Crippen LogP contribution in [0, 0.1) is 6.92 Å². The van der Waals surface area contributed by atoms with Crippen LogP contribution in [0.5, 0.6) is 5.75 Å². The Morgan fingerprint density at radius 2 is 1.94 bits per heavy atom. The van der Waals surface area contributed by atoms with Crippen molar-refractivity contribution in [1.82, 2.24) is 30.2 Å². The number of aromatic nitrogens is 4. The van der Waals surface area contributed by atoms with Gasteiger partial charge in [0.15, 0.2) is 0 Å². The number of anilines is 1. The van der Waals surface area contributed by atoms with Gasteiger partial charge < -0.3 is 20.3 Å². The Hall–Kier alpha value is -3.69. The second kappa shape index (κ2) is 9.85. The van der Waals surface area contributed by atoms with Gasteiger partial charge in [0.1, 0.15) is 23.9 Å². The van der Waals surface area contributed by atoms with Crippen LogP contribution in [0.3, 0.4) is 0 Å². The maximum absolute atomic E-state index is 13.0. The van der Waals surface area contributed by atoms with E-state index in [4.69, 9.17) is 4.74 Å². The Morgan fingerprint density at radius 3 is 2.61 bits per heavy atom. The lowest BCUT2D eigenvalue weighted by Crippen LogP contribution is -2.52. The van der Waals surface area contributed by atoms with Gasteiger partial charge in [0, 0.05) is 44.2 Å². The van der Waals surface area contributed by atoms with Crippen molar-refractivity contribution in [3.8, 4) is 5.75 Å². The molecule has 0 radical (unpaired) electrons. The first-order chi connectivity index (χ1) is 15.9. The molecule has 3 heterocycles. The largest absolute Gasteiger partial charge is 0.497 e. The number of ether oxygens (including phenoxy) is 1. The molecule has 1 aromatic carbocycles. The third-order valence-electron chi connectivity index (χ3n) is 5.82. The molecule has 0 bridgehead atoms. The molecular formula is C23H29N7O3. The smallest absolute Gasteiger partial charge is 0.254 e. The molecule has 2 N–H and O–H groups in total. The Balaban J connectivity index is 1.37. The highest BCUT2D eigenvalue weighted by Crippen LogP contribution is 2.21. The van der Waals surface area contributed by atoms with Crippen LogP contribution < -0.4 is 20.3 Å². The van der Waals surface area contributed by atoms with Gasteiger partial charge in [-0.15, -0.1) is 0 Å². The molecule has 1 fully saturated rings. The quantitative estimate of drug-likeness (QED) is 0.556. The summed E-state index contributed by atoms with van der Waals surface area (Å²) in [5.41, 5.74) is 1.84. The number of piperidine rings is 1. The summed E-state index contributed by atoms with van der Waals surface area (Å²) >= 11 is 0. The molecule has 1 atom stereocenters. The predicted molar refractivity (Wildman–Crippen MR) is 123 cm³/mol. The van der Waals surface area contributed by atoms with E-state index in [1.54, 1.807) is 11.6 Å². The molecular weight excluding hydrogens is 422 g/mol. The number of hydrogen-bond acceptors (Lipinski definition) is 7. The van der Waals surface area contributed by atoms with E-state index in [-0.39, 0.29) is 17.9 Å². The van der Waals surface area contributed by atoms with E-state index in [1.807, 2.05) is 37.3 Å². The summed E-state index contributed by atoms with van der Waals surface area (Å²) in [6, 6.07) is 8.91. The van der Waals surface area contributed by atoms with Gasteiger partial charge >= 0.3 is 0 Å². The average Bonchev–Trinajstić information content (AvgIpc) is 3.27. The summed E-state index contributed by atoms with van der Waals surface area (Å²) in [5.74, 6) is 1.88. The summed E-state index contributed by atoms with van der Waals surface area (Å²) < 4.78 is 6.93. The Bertz CT molecular complexity index is 1120. The second-order valence-corrected chi connectivity index (χ2v) is 8.30. The minimum absolute atomic E-state index is 0.0371. The van der Waals surface area contributed by atoms with Gasteiger partial charge in [-0.1, -0.05) is 12.1 Å². The number of amides is 2. The lowest BCUT2D eigenvalue weighted by Gasteiger charge is -2.34. The van der Waals surface area contributed by atoms with E-state index in [0.717, 1.165) is 48.8 Å². The van der Waals surface area contributed by atoms with Gasteiger partial charge in [-0.3, -0.25) is 9.59 Å². The van der Waals surface area contributed by atoms with Gasteiger partial charge in [0.2, 0.25) is 11.8 Å². The number of carbonyl (C=O) groups is 2. The molecule has 0 aliphatic carbocycles. The number of carbonyl (C=O) groups excluding carboxylic acids is 2. The summed E-state index contributed by atoms with van der Waals surface area (Å²) in [6.45, 7) is 4.91. The maximum atomic E-state index is 13.0. The van der Waals surface area contributed by atoms with Crippen molar-refractivity contribution >= 4 is 23.4 Å². The minimum atomic E-state index is -0.633. The van der Waals surface area contributed by atoms with Gasteiger partial charge in [-0.2, -0.15) is 14.6 Å². The third-order valence-corrected chi connectivity index (χ3v) is 5.82. The zero-order valence-corrected chi connectivity index (χ0v) is 19.1. The van der Waals surface area contributed by atoms with Crippen molar-refractivity contribution in [1.29, 1.82) is 0 Å². The van der Waals surface area contributed by atoms with Crippen LogP contribution in [0.25, 0.3) is 5.78 Å². The number of methoxy groups -OCH3 is 1. The van der Waals surface area contributed by atoms with Crippen LogP contribution in [-0.2, 0) is 16.0 Å². The third kappa shape index (κ3) is 5.39. The highest BCUT2D eigenvalue weighted by atomic mass is 16.5. The van der Waals surface area contributed by atoms with E-state index in [1.165, 1.54) is 13.3 Å². The first-order valence-electron chi connectivity index (χ1n) is 11.1. The van der Waals surface area contributed by atoms with Crippen LogP contribution in [-0.4, -0.2) is 63.7 Å². The molecule has 33 heavy (non-hydrogen) atoms. The Morgan fingerprint density at radius 1 is 1.21 bits per heavy atom. The van der Waals surface area contributed by atoms with Crippen molar-refractivity contribution < 1.29 is 14.3 Å². The highest BCUT2D eigenvalue weighted by Gasteiger charge is 2.26. The van der Waals surface area contributed by atoms with Gasteiger partial charge in [0.05, 0.1) is 7.11 Å². The fourth-order valence-electron chi connectivity index (χ4n) is 4.14. The first kappa shape index (κ1) is 22.5. The topological polar surface area (TPSA) is 114 Å². The van der Waals surface area contributed by atoms with Crippen molar-refractivity contribution in [3.63, 3.8) is 0 Å². The van der Waals surface area contributed by atoms with Crippen LogP contribution in [0.1, 0.15) is 31.0 Å². The molecule has 2 amide bonds. The molecule has 10 heteroatoms. The van der Waals surface area contributed by atoms with E-state index < -0.39 is 6.04 Å². The number of nitrogens with zero attached hydrogens (tertiary/aromatic N) is 5. The lowest BCUT2D eigenvalue weighted by molar-refractivity contribution is -0.128. The number of nitrogens with one attached hydrogen (secondary N) is 2. The summed E-state index contributed by atoms with van der Waals surface area (Å²) in [5, 5.41) is 10.2. The van der Waals surface area contributed by atoms with Gasteiger partial charge in [-0.25, -0.2) is 4.98 Å². The van der Waals surface area contributed by atoms with Crippen molar-refractivity contribution in [3.05, 3.63) is 47.9 Å². The minimum Gasteiger partial charge on any atom is -0.497 e. The molecule has 1 aliphatic heterocycles. The standard InChI is InChI=1S/C23H29N7O3/c1-15-12-21(30-23(26-15)24-14-25-30)29-10-8-18(9-11-29)28-22(32)20(27-16(2)31)13-17-4-6-19(33-3)7-5-17/h4-7,12,14,18,20H,8-11,13H2,1-3H3,(H,27,31)(H,28,32). The number of aryl methyl sites for hydroxylation is 1. The molecule has 3 aromatic rings. The van der Waals surface area contributed by atoms with Gasteiger partial charge in [-0.05, 0) is 37.5 Å². The van der Waals surface area contributed by atoms with Crippen molar-refractivity contribution in [2.24, 2.45) is 0 Å². The van der Waals surface area contributed by atoms with Crippen LogP contribution in [0.4, 0.5) is 5.82 Å². The number of fused-ring (bicyclic) bond motifs is 1. The summed E-state index contributed by atoms with van der Waals surface area (Å²) in [7, 11) is 1.61. The number of rotatable bonds is 7. The SMILES string of the molecule is COc1ccc(CC(NC(C)=O)C(=O)NC2CCN(c3cc(C)nc4ncnn34)CC2)cc1. The average molecular weight is 452 g/mol. The predicted octanol–water partition coefficient (Wildman–Crippen LogP) is 1.27. The normalized spacial score (nSPS) is 15.3. The zero-order valence-electron chi connectivity index (χ0n) is 19.1. The van der Waals surface area contributed by atoms with Crippen molar-refractivity contribution in [2.75, 3.05) is 25.1 Å². The summed E-state index contributed by atoms with van der Waals surface area (Å²) in [4.78, 5) is 35.6. The molecule has 10 nitrogen and oxygen atoms in total. The fraction of sp³-hybridized carbons (Fsp3) is 0.435. The molecule has 1 aliphatic rings. The molecule has 1 unspecified atom stereocenters. The molecule has 4 rings (SSSR count). The Kier molecular flexibility index (Phi) is 6.71. The molecule has 174 valence electrons. The molecule has 0 spiro atoms. The second-order valence-electron chi connectivity index (χ2n) is 8.30.